The van der Waals surface area contributed by atoms with Crippen LogP contribution in [0.3, 0.4) is 0 Å². The maximum absolute atomic E-state index is 13.9. The van der Waals surface area contributed by atoms with Crippen LogP contribution in [0.25, 0.3) is 11.5 Å². The van der Waals surface area contributed by atoms with Crippen molar-refractivity contribution in [1.29, 1.82) is 0 Å². The molecule has 4 aromatic rings. The van der Waals surface area contributed by atoms with Crippen LogP contribution in [0.1, 0.15) is 18.4 Å². The highest BCUT2D eigenvalue weighted by Crippen LogP contribution is 2.39. The molecule has 0 aliphatic carbocycles. The van der Waals surface area contributed by atoms with Gasteiger partial charge in [0.25, 0.3) is 0 Å². The Balaban J connectivity index is 1.33. The molecule has 196 valence electrons. The van der Waals surface area contributed by atoms with E-state index in [-0.39, 0.29) is 21.7 Å². The van der Waals surface area contributed by atoms with Crippen molar-refractivity contribution in [3.8, 4) is 23.0 Å². The van der Waals surface area contributed by atoms with Crippen LogP contribution in [0.5, 0.6) is 11.5 Å². The summed E-state index contributed by atoms with van der Waals surface area (Å²) < 4.78 is 45.2. The van der Waals surface area contributed by atoms with Gasteiger partial charge in [-0.25, -0.2) is 8.42 Å². The molecule has 0 spiro atoms. The number of hydrogen-bond donors (Lipinski definition) is 0. The number of fused-ring (bicyclic) bond motifs is 1. The smallest absolute Gasteiger partial charge is 0.236 e. The van der Waals surface area contributed by atoms with Crippen LogP contribution in [0.4, 0.5) is 5.88 Å². The molecule has 0 N–H and O–H groups in total. The lowest BCUT2D eigenvalue weighted by molar-refractivity contribution is 0.171. The summed E-state index contributed by atoms with van der Waals surface area (Å²) >= 11 is 6.20. The van der Waals surface area contributed by atoms with Crippen molar-refractivity contribution in [2.45, 2.75) is 29.2 Å². The molecule has 0 atom stereocenters. The van der Waals surface area contributed by atoms with Gasteiger partial charge in [0.15, 0.2) is 11.5 Å². The first-order valence-corrected chi connectivity index (χ1v) is 14.5. The van der Waals surface area contributed by atoms with Crippen molar-refractivity contribution in [1.82, 2.24) is 4.98 Å². The van der Waals surface area contributed by atoms with Gasteiger partial charge in [-0.1, -0.05) is 48.0 Å². The molecule has 38 heavy (non-hydrogen) atoms. The molecule has 2 aliphatic heterocycles. The van der Waals surface area contributed by atoms with Crippen molar-refractivity contribution < 1.29 is 22.3 Å². The second-order valence-corrected chi connectivity index (χ2v) is 11.9. The average molecular weight is 551 g/mol. The van der Waals surface area contributed by atoms with E-state index in [2.05, 4.69) is 29.2 Å². The largest absolute Gasteiger partial charge is 0.486 e. The van der Waals surface area contributed by atoms with E-state index in [9.17, 15) is 8.42 Å². The molecular weight excluding hydrogens is 524 g/mol. The molecule has 1 saturated heterocycles. The topological polar surface area (TPSA) is 81.9 Å². The lowest BCUT2D eigenvalue weighted by Crippen LogP contribution is -2.34. The molecule has 6 rings (SSSR count). The first-order chi connectivity index (χ1) is 18.5. The van der Waals surface area contributed by atoms with E-state index in [0.717, 1.165) is 19.3 Å². The Morgan fingerprint density at radius 1 is 0.895 bits per heavy atom. The first-order valence-electron chi connectivity index (χ1n) is 12.7. The van der Waals surface area contributed by atoms with Gasteiger partial charge in [-0.15, -0.1) is 0 Å². The molecule has 1 aromatic heterocycles. The molecule has 7 nitrogen and oxygen atoms in total. The third-order valence-electron chi connectivity index (χ3n) is 7.00. The minimum atomic E-state index is -4.03. The van der Waals surface area contributed by atoms with Gasteiger partial charge in [-0.05, 0) is 61.1 Å². The molecule has 1 fully saturated rings. The number of rotatable bonds is 6. The Morgan fingerprint density at radius 3 is 2.42 bits per heavy atom. The SMILES string of the molecule is O=S(=O)(c1ccc2c(c1)OCCO2)c1nc(-c2cccc(Cl)c2)oc1N1CCC(Cc2ccccc2)CC1. The van der Waals surface area contributed by atoms with Crippen LogP contribution in [-0.4, -0.2) is 39.7 Å². The molecule has 0 amide bonds. The summed E-state index contributed by atoms with van der Waals surface area (Å²) in [6.45, 7) is 2.13. The minimum absolute atomic E-state index is 0.0768. The zero-order valence-corrected chi connectivity index (χ0v) is 22.2. The fourth-order valence-corrected chi connectivity index (χ4v) is 6.53. The highest BCUT2D eigenvalue weighted by atomic mass is 35.5. The number of sulfone groups is 1. The molecule has 0 radical (unpaired) electrons. The van der Waals surface area contributed by atoms with Gasteiger partial charge in [0.2, 0.25) is 26.6 Å². The zero-order chi connectivity index (χ0) is 26.1. The lowest BCUT2D eigenvalue weighted by Gasteiger charge is -2.32. The number of piperidine rings is 1. The summed E-state index contributed by atoms with van der Waals surface area (Å²) in [6.07, 6.45) is 2.85. The lowest BCUT2D eigenvalue weighted by atomic mass is 9.90. The number of aromatic nitrogens is 1. The number of nitrogens with zero attached hydrogens (tertiary/aromatic N) is 2. The van der Waals surface area contributed by atoms with Gasteiger partial charge in [0, 0.05) is 29.7 Å². The Morgan fingerprint density at radius 2 is 1.66 bits per heavy atom. The van der Waals surface area contributed by atoms with Gasteiger partial charge in [0.1, 0.15) is 13.2 Å². The fourth-order valence-electron chi connectivity index (χ4n) is 5.01. The van der Waals surface area contributed by atoms with Gasteiger partial charge < -0.3 is 18.8 Å². The van der Waals surface area contributed by atoms with Crippen LogP contribution < -0.4 is 14.4 Å². The van der Waals surface area contributed by atoms with Crippen molar-refractivity contribution in [3.63, 3.8) is 0 Å². The van der Waals surface area contributed by atoms with E-state index < -0.39 is 9.84 Å². The standard InChI is InChI=1S/C29H27ClN2O5S/c30-23-8-4-7-22(18-23)27-31-28(38(33,34)24-9-10-25-26(19-24)36-16-15-35-25)29(37-27)32-13-11-21(12-14-32)17-20-5-2-1-3-6-20/h1-10,18-19,21H,11-17H2. The Labute approximate surface area is 226 Å². The quantitative estimate of drug-likeness (QED) is 0.289. The fraction of sp³-hybridized carbons (Fsp3) is 0.276. The Bertz CT molecular complexity index is 1550. The van der Waals surface area contributed by atoms with Crippen LogP contribution in [-0.2, 0) is 16.3 Å². The number of benzene rings is 3. The molecule has 9 heteroatoms. The highest BCUT2D eigenvalue weighted by molar-refractivity contribution is 7.91. The second-order valence-electron chi connectivity index (χ2n) is 9.57. The number of hydrogen-bond acceptors (Lipinski definition) is 7. The summed E-state index contributed by atoms with van der Waals surface area (Å²) in [5.74, 6) is 1.91. The number of halogens is 1. The monoisotopic (exact) mass is 550 g/mol. The predicted molar refractivity (Wildman–Crippen MR) is 145 cm³/mol. The summed E-state index contributed by atoms with van der Waals surface area (Å²) in [5, 5.41) is 0.408. The van der Waals surface area contributed by atoms with Crippen LogP contribution in [0.15, 0.2) is 87.1 Å². The summed E-state index contributed by atoms with van der Waals surface area (Å²) in [5.41, 5.74) is 1.93. The van der Waals surface area contributed by atoms with E-state index in [1.807, 2.05) is 11.0 Å². The van der Waals surface area contributed by atoms with Crippen molar-refractivity contribution in [3.05, 3.63) is 83.4 Å². The summed E-state index contributed by atoms with van der Waals surface area (Å²) in [4.78, 5) is 6.59. The van der Waals surface area contributed by atoms with Gasteiger partial charge in [0.05, 0.1) is 4.90 Å². The first kappa shape index (κ1) is 24.8. The van der Waals surface area contributed by atoms with Gasteiger partial charge in [-0.3, -0.25) is 0 Å². The maximum atomic E-state index is 13.9. The molecule has 2 aliphatic rings. The average Bonchev–Trinajstić information content (AvgIpc) is 3.40. The third-order valence-corrected chi connectivity index (χ3v) is 8.88. The van der Waals surface area contributed by atoms with Crippen molar-refractivity contribution in [2.24, 2.45) is 5.92 Å². The normalized spacial score (nSPS) is 16.0. The number of oxazole rings is 1. The second kappa shape index (κ2) is 10.3. The van der Waals surface area contributed by atoms with Crippen LogP contribution in [0, 0.1) is 5.92 Å². The van der Waals surface area contributed by atoms with E-state index in [1.165, 1.54) is 17.7 Å². The summed E-state index contributed by atoms with van der Waals surface area (Å²) in [7, 11) is -4.03. The van der Waals surface area contributed by atoms with E-state index in [1.54, 1.807) is 30.3 Å². The molecule has 0 unspecified atom stereocenters. The van der Waals surface area contributed by atoms with E-state index in [0.29, 0.717) is 54.3 Å². The molecule has 0 bridgehead atoms. The maximum Gasteiger partial charge on any atom is 0.236 e. The zero-order valence-electron chi connectivity index (χ0n) is 20.7. The molecule has 0 saturated carbocycles. The van der Waals surface area contributed by atoms with Crippen LogP contribution in [0.2, 0.25) is 5.02 Å². The summed E-state index contributed by atoms with van der Waals surface area (Å²) in [6, 6.07) is 22.1. The van der Waals surface area contributed by atoms with Gasteiger partial charge in [-0.2, -0.15) is 4.98 Å². The Hall–Kier alpha value is -3.49. The highest BCUT2D eigenvalue weighted by Gasteiger charge is 2.34. The predicted octanol–water partition coefficient (Wildman–Crippen LogP) is 6.06. The molecular formula is C29H27ClN2O5S. The number of anilines is 1. The van der Waals surface area contributed by atoms with E-state index in [4.69, 9.17) is 25.5 Å². The minimum Gasteiger partial charge on any atom is -0.486 e. The van der Waals surface area contributed by atoms with Crippen molar-refractivity contribution in [2.75, 3.05) is 31.2 Å². The third kappa shape index (κ3) is 4.98. The Kier molecular flexibility index (Phi) is 6.76. The van der Waals surface area contributed by atoms with E-state index >= 15 is 0 Å². The molecule has 3 heterocycles. The molecule has 3 aromatic carbocycles. The van der Waals surface area contributed by atoms with Gasteiger partial charge >= 0.3 is 0 Å². The van der Waals surface area contributed by atoms with Crippen molar-refractivity contribution >= 4 is 27.3 Å². The van der Waals surface area contributed by atoms with Crippen LogP contribution >= 0.6 is 11.6 Å². The number of ether oxygens (including phenoxy) is 2.